The number of methoxy groups -OCH3 is 1. The van der Waals surface area contributed by atoms with E-state index in [1.165, 1.54) is 12.1 Å². The van der Waals surface area contributed by atoms with Crippen molar-refractivity contribution in [3.63, 3.8) is 0 Å². The smallest absolute Gasteiger partial charge is 0.271 e. The molecule has 0 amide bonds. The molecule has 0 saturated heterocycles. The number of hydrogen-bond donors (Lipinski definition) is 1. The largest absolute Gasteiger partial charge is 0.496 e. The van der Waals surface area contributed by atoms with E-state index in [-0.39, 0.29) is 5.69 Å². The van der Waals surface area contributed by atoms with Gasteiger partial charge in [-0.1, -0.05) is 27.5 Å². The molecule has 0 fully saturated rings. The number of non-ortho nitro benzene ring substituents is 1. The van der Waals surface area contributed by atoms with Gasteiger partial charge in [-0.2, -0.15) is 0 Å². The summed E-state index contributed by atoms with van der Waals surface area (Å²) in [6, 6.07) is 10.0. The van der Waals surface area contributed by atoms with E-state index in [4.69, 9.17) is 16.3 Å². The molecule has 2 aromatic rings. The summed E-state index contributed by atoms with van der Waals surface area (Å²) in [5, 5.41) is 14.1. The SMILES string of the molecule is COc1ccc(Br)cc1CNc1ccc([N+](=O)[O-])cc1Cl. The number of halogens is 2. The number of rotatable bonds is 5. The van der Waals surface area contributed by atoms with Gasteiger partial charge in [-0.15, -0.1) is 0 Å². The first-order valence-electron chi connectivity index (χ1n) is 6.01. The molecule has 0 bridgehead atoms. The number of nitro benzene ring substituents is 1. The first kappa shape index (κ1) is 15.6. The highest BCUT2D eigenvalue weighted by Gasteiger charge is 2.10. The van der Waals surface area contributed by atoms with E-state index in [2.05, 4.69) is 21.2 Å². The minimum absolute atomic E-state index is 0.0365. The number of anilines is 1. The monoisotopic (exact) mass is 370 g/mol. The molecule has 0 aliphatic heterocycles. The predicted octanol–water partition coefficient (Wildman–Crippen LogP) is 4.63. The van der Waals surface area contributed by atoms with Gasteiger partial charge in [0.05, 0.1) is 22.7 Å². The second-order valence-electron chi connectivity index (χ2n) is 4.23. The van der Waals surface area contributed by atoms with Crippen LogP contribution in [0.25, 0.3) is 0 Å². The Labute approximate surface area is 135 Å². The van der Waals surface area contributed by atoms with Gasteiger partial charge in [-0.05, 0) is 24.3 Å². The van der Waals surface area contributed by atoms with E-state index < -0.39 is 4.92 Å². The second-order valence-corrected chi connectivity index (χ2v) is 5.55. The molecule has 7 heteroatoms. The lowest BCUT2D eigenvalue weighted by atomic mass is 10.2. The van der Waals surface area contributed by atoms with Crippen LogP contribution in [0.3, 0.4) is 0 Å². The van der Waals surface area contributed by atoms with Gasteiger partial charge in [0.2, 0.25) is 0 Å². The van der Waals surface area contributed by atoms with Crippen molar-refractivity contribution in [2.24, 2.45) is 0 Å². The van der Waals surface area contributed by atoms with Crippen LogP contribution in [-0.4, -0.2) is 12.0 Å². The second kappa shape index (κ2) is 6.78. The Bertz CT molecular complexity index is 679. The van der Waals surface area contributed by atoms with Crippen LogP contribution >= 0.6 is 27.5 Å². The lowest BCUT2D eigenvalue weighted by Gasteiger charge is -2.12. The van der Waals surface area contributed by atoms with E-state index in [9.17, 15) is 10.1 Å². The molecule has 5 nitrogen and oxygen atoms in total. The van der Waals surface area contributed by atoms with Crippen molar-refractivity contribution < 1.29 is 9.66 Å². The molecule has 0 atom stereocenters. The summed E-state index contributed by atoms with van der Waals surface area (Å²) in [4.78, 5) is 10.2. The van der Waals surface area contributed by atoms with Crippen molar-refractivity contribution in [1.82, 2.24) is 0 Å². The number of hydrogen-bond acceptors (Lipinski definition) is 4. The summed E-state index contributed by atoms with van der Waals surface area (Å²) >= 11 is 9.44. The van der Waals surface area contributed by atoms with Gasteiger partial charge >= 0.3 is 0 Å². The average Bonchev–Trinajstić information content (AvgIpc) is 2.46. The third kappa shape index (κ3) is 3.86. The highest BCUT2D eigenvalue weighted by atomic mass is 79.9. The van der Waals surface area contributed by atoms with E-state index in [1.54, 1.807) is 13.2 Å². The van der Waals surface area contributed by atoms with Gasteiger partial charge in [0.1, 0.15) is 5.75 Å². The Morgan fingerprint density at radius 2 is 2.10 bits per heavy atom. The molecule has 0 heterocycles. The normalized spacial score (nSPS) is 10.2. The molecule has 0 aromatic heterocycles. The molecule has 21 heavy (non-hydrogen) atoms. The molecule has 1 N–H and O–H groups in total. The zero-order chi connectivity index (χ0) is 15.4. The van der Waals surface area contributed by atoms with Crippen LogP contribution in [0.15, 0.2) is 40.9 Å². The fraction of sp³-hybridized carbons (Fsp3) is 0.143. The summed E-state index contributed by atoms with van der Waals surface area (Å²) in [5.41, 5.74) is 1.54. The standard InChI is InChI=1S/C14H12BrClN2O3/c1-21-14-5-2-10(15)6-9(14)8-17-13-4-3-11(18(19)20)7-12(13)16/h2-7,17H,8H2,1H3. The molecule has 0 aliphatic rings. The number of benzene rings is 2. The molecule has 0 radical (unpaired) electrons. The van der Waals surface area contributed by atoms with Crippen LogP contribution in [-0.2, 0) is 6.54 Å². The Kier molecular flexibility index (Phi) is 5.03. The highest BCUT2D eigenvalue weighted by molar-refractivity contribution is 9.10. The average molecular weight is 372 g/mol. The molecule has 110 valence electrons. The van der Waals surface area contributed by atoms with Crippen molar-refractivity contribution in [1.29, 1.82) is 0 Å². The molecule has 0 spiro atoms. The van der Waals surface area contributed by atoms with Gasteiger partial charge in [0, 0.05) is 28.7 Å². The fourth-order valence-corrected chi connectivity index (χ4v) is 2.49. The maximum Gasteiger partial charge on any atom is 0.271 e. The van der Waals surface area contributed by atoms with Crippen molar-refractivity contribution in [3.05, 3.63) is 61.6 Å². The number of nitro groups is 1. The predicted molar refractivity (Wildman–Crippen MR) is 86.1 cm³/mol. The maximum absolute atomic E-state index is 10.7. The minimum Gasteiger partial charge on any atom is -0.496 e. The summed E-state index contributed by atoms with van der Waals surface area (Å²) in [5.74, 6) is 0.753. The number of nitrogens with one attached hydrogen (secondary N) is 1. The third-order valence-electron chi connectivity index (χ3n) is 2.88. The van der Waals surface area contributed by atoms with Crippen molar-refractivity contribution in [2.75, 3.05) is 12.4 Å². The summed E-state index contributed by atoms with van der Waals surface area (Å²) < 4.78 is 6.23. The molecule has 0 saturated carbocycles. The third-order valence-corrected chi connectivity index (χ3v) is 3.68. The van der Waals surface area contributed by atoms with E-state index in [0.717, 1.165) is 15.8 Å². The van der Waals surface area contributed by atoms with Crippen LogP contribution in [0.1, 0.15) is 5.56 Å². The summed E-state index contributed by atoms with van der Waals surface area (Å²) in [6.45, 7) is 0.486. The lowest BCUT2D eigenvalue weighted by molar-refractivity contribution is -0.384. The van der Waals surface area contributed by atoms with Crippen LogP contribution in [0, 0.1) is 10.1 Å². The lowest BCUT2D eigenvalue weighted by Crippen LogP contribution is -2.02. The van der Waals surface area contributed by atoms with Crippen LogP contribution in [0.4, 0.5) is 11.4 Å². The van der Waals surface area contributed by atoms with E-state index in [1.807, 2.05) is 18.2 Å². The summed E-state index contributed by atoms with van der Waals surface area (Å²) in [6.07, 6.45) is 0. The number of ether oxygens (including phenoxy) is 1. The van der Waals surface area contributed by atoms with E-state index in [0.29, 0.717) is 17.3 Å². The van der Waals surface area contributed by atoms with Crippen LogP contribution in [0.2, 0.25) is 5.02 Å². The Morgan fingerprint density at radius 1 is 1.33 bits per heavy atom. The molecule has 0 aliphatic carbocycles. The molecule has 0 unspecified atom stereocenters. The van der Waals surface area contributed by atoms with Crippen molar-refractivity contribution in [2.45, 2.75) is 6.54 Å². The molecular formula is C14H12BrClN2O3. The van der Waals surface area contributed by atoms with Gasteiger partial charge in [0.25, 0.3) is 5.69 Å². The molecule has 2 rings (SSSR count). The Hall–Kier alpha value is -1.79. The van der Waals surface area contributed by atoms with Crippen LogP contribution < -0.4 is 10.1 Å². The minimum atomic E-state index is -0.479. The zero-order valence-corrected chi connectivity index (χ0v) is 13.4. The first-order valence-corrected chi connectivity index (χ1v) is 7.18. The highest BCUT2D eigenvalue weighted by Crippen LogP contribution is 2.29. The topological polar surface area (TPSA) is 64.4 Å². The van der Waals surface area contributed by atoms with E-state index >= 15 is 0 Å². The molecule has 2 aromatic carbocycles. The van der Waals surface area contributed by atoms with Crippen LogP contribution in [0.5, 0.6) is 5.75 Å². The fourth-order valence-electron chi connectivity index (χ4n) is 1.84. The van der Waals surface area contributed by atoms with Gasteiger partial charge in [-0.3, -0.25) is 10.1 Å². The quantitative estimate of drug-likeness (QED) is 0.614. The zero-order valence-electron chi connectivity index (χ0n) is 11.1. The maximum atomic E-state index is 10.7. The van der Waals surface area contributed by atoms with Crippen molar-refractivity contribution >= 4 is 38.9 Å². The van der Waals surface area contributed by atoms with Gasteiger partial charge < -0.3 is 10.1 Å². The first-order chi connectivity index (χ1) is 10.0. The number of nitrogens with zero attached hydrogens (tertiary/aromatic N) is 1. The van der Waals surface area contributed by atoms with Gasteiger partial charge in [0.15, 0.2) is 0 Å². The van der Waals surface area contributed by atoms with Gasteiger partial charge in [-0.25, -0.2) is 0 Å². The summed E-state index contributed by atoms with van der Waals surface area (Å²) in [7, 11) is 1.60. The Balaban J connectivity index is 2.17. The Morgan fingerprint density at radius 3 is 2.71 bits per heavy atom. The molecular weight excluding hydrogens is 360 g/mol. The van der Waals surface area contributed by atoms with Crippen molar-refractivity contribution in [3.8, 4) is 5.75 Å².